The van der Waals surface area contributed by atoms with E-state index in [1.165, 1.54) is 23.7 Å². The molecule has 1 aliphatic rings. The fourth-order valence-electron chi connectivity index (χ4n) is 2.62. The molecule has 18 heavy (non-hydrogen) atoms. The van der Waals surface area contributed by atoms with E-state index in [1.54, 1.807) is 7.05 Å². The van der Waals surface area contributed by atoms with Gasteiger partial charge in [0.1, 0.15) is 11.4 Å². The van der Waals surface area contributed by atoms with Crippen molar-refractivity contribution in [3.05, 3.63) is 11.8 Å². The van der Waals surface area contributed by atoms with E-state index in [1.807, 2.05) is 0 Å². The Morgan fingerprint density at radius 3 is 2.83 bits per heavy atom. The Kier molecular flexibility index (Phi) is 3.32. The summed E-state index contributed by atoms with van der Waals surface area (Å²) >= 11 is 0. The summed E-state index contributed by atoms with van der Waals surface area (Å²) in [6, 6.07) is 0.221. The van der Waals surface area contributed by atoms with E-state index in [0.717, 1.165) is 12.8 Å². The predicted octanol–water partition coefficient (Wildman–Crippen LogP) is 1.70. The number of nitrogens with zero attached hydrogens (tertiary/aromatic N) is 2. The van der Waals surface area contributed by atoms with Crippen LogP contribution in [-0.2, 0) is 7.05 Å². The van der Waals surface area contributed by atoms with Crippen molar-refractivity contribution < 1.29 is 4.79 Å². The van der Waals surface area contributed by atoms with Crippen LogP contribution in [-0.4, -0.2) is 21.7 Å². The van der Waals surface area contributed by atoms with Gasteiger partial charge < -0.3 is 11.1 Å². The predicted molar refractivity (Wildman–Crippen MR) is 71.1 cm³/mol. The maximum atomic E-state index is 12.2. The minimum Gasteiger partial charge on any atom is -0.383 e. The van der Waals surface area contributed by atoms with Crippen molar-refractivity contribution >= 4 is 11.7 Å². The van der Waals surface area contributed by atoms with Gasteiger partial charge in [0, 0.05) is 13.1 Å². The molecule has 1 aromatic rings. The summed E-state index contributed by atoms with van der Waals surface area (Å²) in [6.07, 6.45) is 6.14. The molecule has 0 radical (unpaired) electrons. The molecule has 1 unspecified atom stereocenters. The minimum atomic E-state index is -0.111. The molecule has 1 aliphatic carbocycles. The van der Waals surface area contributed by atoms with Crippen molar-refractivity contribution in [2.45, 2.75) is 45.6 Å². The van der Waals surface area contributed by atoms with Crippen molar-refractivity contribution in [3.8, 4) is 0 Å². The van der Waals surface area contributed by atoms with Gasteiger partial charge in [0.05, 0.1) is 6.20 Å². The molecule has 0 bridgehead atoms. The zero-order valence-corrected chi connectivity index (χ0v) is 11.4. The van der Waals surface area contributed by atoms with Gasteiger partial charge in [0.15, 0.2) is 0 Å². The molecule has 1 fully saturated rings. The van der Waals surface area contributed by atoms with Crippen LogP contribution in [0.5, 0.6) is 0 Å². The van der Waals surface area contributed by atoms with Gasteiger partial charge in [-0.1, -0.05) is 26.7 Å². The normalized spacial score (nSPS) is 22.7. The van der Waals surface area contributed by atoms with Crippen LogP contribution in [0.1, 0.15) is 49.9 Å². The summed E-state index contributed by atoms with van der Waals surface area (Å²) in [5.74, 6) is 0.307. The molecule has 0 aliphatic heterocycles. The van der Waals surface area contributed by atoms with Gasteiger partial charge in [-0.25, -0.2) is 0 Å². The standard InChI is InChI=1S/C13H22N4O/c1-13(2)7-5-4-6-10(13)16-12(18)9-8-15-17(3)11(9)14/h8,10H,4-7,14H2,1-3H3,(H,16,18). The number of carbonyl (C=O) groups excluding carboxylic acids is 1. The summed E-state index contributed by atoms with van der Waals surface area (Å²) in [7, 11) is 1.73. The second-order valence-corrected chi connectivity index (χ2v) is 5.83. The number of aryl methyl sites for hydroxylation is 1. The first-order chi connectivity index (χ1) is 8.42. The van der Waals surface area contributed by atoms with Crippen LogP contribution in [0, 0.1) is 5.41 Å². The number of hydrogen-bond donors (Lipinski definition) is 2. The summed E-state index contributed by atoms with van der Waals surface area (Å²) in [5.41, 5.74) is 6.44. The Labute approximate surface area is 108 Å². The highest BCUT2D eigenvalue weighted by molar-refractivity contribution is 5.98. The number of hydrogen-bond acceptors (Lipinski definition) is 3. The van der Waals surface area contributed by atoms with Gasteiger partial charge in [-0.15, -0.1) is 0 Å². The molecule has 1 aromatic heterocycles. The second-order valence-electron chi connectivity index (χ2n) is 5.83. The van der Waals surface area contributed by atoms with Crippen molar-refractivity contribution in [1.82, 2.24) is 15.1 Å². The summed E-state index contributed by atoms with van der Waals surface area (Å²) < 4.78 is 1.51. The van der Waals surface area contributed by atoms with Gasteiger partial charge in [0.25, 0.3) is 5.91 Å². The first kappa shape index (κ1) is 12.9. The molecule has 100 valence electrons. The van der Waals surface area contributed by atoms with E-state index in [4.69, 9.17) is 5.73 Å². The van der Waals surface area contributed by atoms with Crippen LogP contribution in [0.2, 0.25) is 0 Å². The molecule has 2 rings (SSSR count). The average Bonchev–Trinajstić information content (AvgIpc) is 2.63. The van der Waals surface area contributed by atoms with Crippen LogP contribution >= 0.6 is 0 Å². The first-order valence-corrected chi connectivity index (χ1v) is 6.50. The lowest BCUT2D eigenvalue weighted by atomic mass is 9.73. The van der Waals surface area contributed by atoms with E-state index in [2.05, 4.69) is 24.3 Å². The third kappa shape index (κ3) is 2.35. The highest BCUT2D eigenvalue weighted by Gasteiger charge is 2.33. The Hall–Kier alpha value is -1.52. The van der Waals surface area contributed by atoms with E-state index in [9.17, 15) is 4.79 Å². The zero-order chi connectivity index (χ0) is 13.3. The molecule has 0 spiro atoms. The fraction of sp³-hybridized carbons (Fsp3) is 0.692. The number of nitrogens with one attached hydrogen (secondary N) is 1. The number of rotatable bonds is 2. The first-order valence-electron chi connectivity index (χ1n) is 6.50. The fourth-order valence-corrected chi connectivity index (χ4v) is 2.62. The third-order valence-corrected chi connectivity index (χ3v) is 4.04. The maximum absolute atomic E-state index is 12.2. The third-order valence-electron chi connectivity index (χ3n) is 4.04. The maximum Gasteiger partial charge on any atom is 0.256 e. The largest absolute Gasteiger partial charge is 0.383 e. The number of anilines is 1. The van der Waals surface area contributed by atoms with Gasteiger partial charge in [-0.05, 0) is 18.3 Å². The van der Waals surface area contributed by atoms with Crippen molar-refractivity contribution in [2.24, 2.45) is 12.5 Å². The summed E-state index contributed by atoms with van der Waals surface area (Å²) in [5, 5.41) is 7.10. The lowest BCUT2D eigenvalue weighted by Crippen LogP contribution is -2.46. The Morgan fingerprint density at radius 2 is 2.28 bits per heavy atom. The number of nitrogens with two attached hydrogens (primary N) is 1. The summed E-state index contributed by atoms with van der Waals surface area (Å²) in [6.45, 7) is 4.42. The monoisotopic (exact) mass is 250 g/mol. The molecular formula is C13H22N4O. The van der Waals surface area contributed by atoms with Crippen LogP contribution in [0.4, 0.5) is 5.82 Å². The molecule has 1 heterocycles. The van der Waals surface area contributed by atoms with Crippen molar-refractivity contribution in [3.63, 3.8) is 0 Å². The minimum absolute atomic E-state index is 0.111. The molecule has 0 aromatic carbocycles. The molecule has 1 amide bonds. The topological polar surface area (TPSA) is 72.9 Å². The smallest absolute Gasteiger partial charge is 0.256 e. The SMILES string of the molecule is Cn1ncc(C(=O)NC2CCCCC2(C)C)c1N. The Bertz CT molecular complexity index is 450. The lowest BCUT2D eigenvalue weighted by Gasteiger charge is -2.39. The number of amides is 1. The molecular weight excluding hydrogens is 228 g/mol. The van der Waals surface area contributed by atoms with E-state index >= 15 is 0 Å². The molecule has 5 heteroatoms. The molecule has 0 saturated heterocycles. The van der Waals surface area contributed by atoms with Crippen molar-refractivity contribution in [2.75, 3.05) is 5.73 Å². The highest BCUT2D eigenvalue weighted by Crippen LogP contribution is 2.35. The van der Waals surface area contributed by atoms with Gasteiger partial charge in [0.2, 0.25) is 0 Å². The molecule has 5 nitrogen and oxygen atoms in total. The van der Waals surface area contributed by atoms with Crippen LogP contribution < -0.4 is 11.1 Å². The van der Waals surface area contributed by atoms with Crippen molar-refractivity contribution in [1.29, 1.82) is 0 Å². The number of nitrogen functional groups attached to an aromatic ring is 1. The Morgan fingerprint density at radius 1 is 1.56 bits per heavy atom. The van der Waals surface area contributed by atoms with E-state index < -0.39 is 0 Å². The summed E-state index contributed by atoms with van der Waals surface area (Å²) in [4.78, 5) is 12.2. The van der Waals surface area contributed by atoms with Gasteiger partial charge in [-0.2, -0.15) is 5.10 Å². The highest BCUT2D eigenvalue weighted by atomic mass is 16.1. The quantitative estimate of drug-likeness (QED) is 0.839. The van der Waals surface area contributed by atoms with E-state index in [0.29, 0.717) is 11.4 Å². The van der Waals surface area contributed by atoms with Gasteiger partial charge in [-0.3, -0.25) is 9.48 Å². The number of carbonyl (C=O) groups is 1. The molecule has 1 atom stereocenters. The molecule has 3 N–H and O–H groups in total. The van der Waals surface area contributed by atoms with Crippen LogP contribution in [0.3, 0.4) is 0 Å². The van der Waals surface area contributed by atoms with Crippen LogP contribution in [0.15, 0.2) is 6.20 Å². The average molecular weight is 250 g/mol. The van der Waals surface area contributed by atoms with Crippen LogP contribution in [0.25, 0.3) is 0 Å². The van der Waals surface area contributed by atoms with E-state index in [-0.39, 0.29) is 17.4 Å². The molecule has 1 saturated carbocycles. The second kappa shape index (κ2) is 4.63. The van der Waals surface area contributed by atoms with Gasteiger partial charge >= 0.3 is 0 Å². The Balaban J connectivity index is 2.09. The zero-order valence-electron chi connectivity index (χ0n) is 11.4. The lowest BCUT2D eigenvalue weighted by molar-refractivity contribution is 0.0854. The number of aromatic nitrogens is 2.